The third-order valence-corrected chi connectivity index (χ3v) is 7.22. The van der Waals surface area contributed by atoms with Gasteiger partial charge in [0.2, 0.25) is 12.7 Å². The van der Waals surface area contributed by atoms with Gasteiger partial charge in [-0.3, -0.25) is 9.59 Å². The molecule has 7 nitrogen and oxygen atoms in total. The molecular weight excluding hydrogens is 452 g/mol. The van der Waals surface area contributed by atoms with E-state index in [1.54, 1.807) is 23.3 Å². The Morgan fingerprint density at radius 3 is 2.68 bits per heavy atom. The standard InChI is InChI=1S/C26H28N2O5S/c29-24(15-20-8-5-13-34-20)28(16-18-10-11-21-23(14-18)33-17-32-21)25(22-9-4-12-31-22)26(30)27-19-6-2-1-3-7-19/h4-5,8-14,19,25H,1-3,6-7,15-17H2,(H,27,30). The van der Waals surface area contributed by atoms with Crippen molar-refractivity contribution >= 4 is 23.2 Å². The third kappa shape index (κ3) is 5.12. The number of thiophene rings is 1. The van der Waals surface area contributed by atoms with Crippen molar-refractivity contribution in [3.8, 4) is 11.5 Å². The molecular formula is C26H28N2O5S. The average molecular weight is 481 g/mol. The number of nitrogens with zero attached hydrogens (tertiary/aromatic N) is 1. The quantitative estimate of drug-likeness (QED) is 0.499. The molecule has 2 amide bonds. The number of rotatable bonds is 8. The maximum Gasteiger partial charge on any atom is 0.250 e. The Morgan fingerprint density at radius 1 is 1.06 bits per heavy atom. The van der Waals surface area contributed by atoms with E-state index in [1.807, 2.05) is 35.7 Å². The first-order valence-electron chi connectivity index (χ1n) is 11.7. The number of ether oxygens (including phenoxy) is 2. The van der Waals surface area contributed by atoms with Gasteiger partial charge in [-0.25, -0.2) is 0 Å². The molecule has 0 radical (unpaired) electrons. The maximum absolute atomic E-state index is 13.6. The molecule has 1 atom stereocenters. The van der Waals surface area contributed by atoms with Gasteiger partial charge in [0, 0.05) is 17.5 Å². The highest BCUT2D eigenvalue weighted by molar-refractivity contribution is 7.10. The number of carbonyl (C=O) groups excluding carboxylic acids is 2. The second kappa shape index (κ2) is 10.3. The lowest BCUT2D eigenvalue weighted by molar-refractivity contribution is -0.142. The molecule has 1 N–H and O–H groups in total. The summed E-state index contributed by atoms with van der Waals surface area (Å²) in [5, 5.41) is 5.14. The van der Waals surface area contributed by atoms with Crippen molar-refractivity contribution < 1.29 is 23.5 Å². The van der Waals surface area contributed by atoms with E-state index in [1.165, 1.54) is 17.8 Å². The number of hydrogen-bond donors (Lipinski definition) is 1. The zero-order valence-electron chi connectivity index (χ0n) is 18.9. The zero-order chi connectivity index (χ0) is 23.3. The van der Waals surface area contributed by atoms with E-state index in [0.717, 1.165) is 36.1 Å². The van der Waals surface area contributed by atoms with Gasteiger partial charge in [-0.15, -0.1) is 11.3 Å². The van der Waals surface area contributed by atoms with Crippen LogP contribution in [-0.4, -0.2) is 29.5 Å². The van der Waals surface area contributed by atoms with Crippen LogP contribution >= 0.6 is 11.3 Å². The first kappa shape index (κ1) is 22.5. The van der Waals surface area contributed by atoms with Gasteiger partial charge in [-0.05, 0) is 54.1 Å². The molecule has 178 valence electrons. The smallest absolute Gasteiger partial charge is 0.250 e. The fourth-order valence-electron chi connectivity index (χ4n) is 4.62. The minimum absolute atomic E-state index is 0.124. The summed E-state index contributed by atoms with van der Waals surface area (Å²) < 4.78 is 16.6. The highest BCUT2D eigenvalue weighted by Gasteiger charge is 2.35. The fourth-order valence-corrected chi connectivity index (χ4v) is 5.32. The summed E-state index contributed by atoms with van der Waals surface area (Å²) in [4.78, 5) is 29.8. The zero-order valence-corrected chi connectivity index (χ0v) is 19.7. The van der Waals surface area contributed by atoms with E-state index >= 15 is 0 Å². The first-order valence-corrected chi connectivity index (χ1v) is 12.6. The molecule has 3 heterocycles. The highest BCUT2D eigenvalue weighted by atomic mass is 32.1. The SMILES string of the molecule is O=C(NC1CCCCC1)C(c1ccco1)N(Cc1ccc2c(c1)OCO2)C(=O)Cc1cccs1. The number of fused-ring (bicyclic) bond motifs is 1. The molecule has 1 unspecified atom stereocenters. The fraction of sp³-hybridized carbons (Fsp3) is 0.385. The van der Waals surface area contributed by atoms with Crippen molar-refractivity contribution in [2.75, 3.05) is 6.79 Å². The first-order chi connectivity index (χ1) is 16.7. The molecule has 3 aromatic rings. The van der Waals surface area contributed by atoms with Gasteiger partial charge in [0.25, 0.3) is 5.91 Å². The number of benzene rings is 1. The van der Waals surface area contributed by atoms with Crippen LogP contribution in [0, 0.1) is 0 Å². The molecule has 5 rings (SSSR count). The predicted molar refractivity (Wildman–Crippen MR) is 128 cm³/mol. The number of furan rings is 1. The van der Waals surface area contributed by atoms with Gasteiger partial charge in [-0.2, -0.15) is 0 Å². The van der Waals surface area contributed by atoms with Crippen LogP contribution in [0.4, 0.5) is 0 Å². The van der Waals surface area contributed by atoms with Crippen LogP contribution in [0.2, 0.25) is 0 Å². The van der Waals surface area contributed by atoms with Crippen LogP contribution in [0.25, 0.3) is 0 Å². The molecule has 34 heavy (non-hydrogen) atoms. The lowest BCUT2D eigenvalue weighted by atomic mass is 9.95. The highest BCUT2D eigenvalue weighted by Crippen LogP contribution is 2.34. The summed E-state index contributed by atoms with van der Waals surface area (Å²) in [6.45, 7) is 0.420. The number of hydrogen-bond acceptors (Lipinski definition) is 6. The molecule has 0 bridgehead atoms. The van der Waals surface area contributed by atoms with E-state index in [9.17, 15) is 9.59 Å². The van der Waals surface area contributed by atoms with Crippen molar-refractivity contribution in [2.24, 2.45) is 0 Å². The van der Waals surface area contributed by atoms with Gasteiger partial charge in [0.05, 0.1) is 12.7 Å². The Balaban J connectivity index is 1.45. The minimum atomic E-state index is -0.866. The molecule has 1 aliphatic heterocycles. The van der Waals surface area contributed by atoms with Crippen molar-refractivity contribution in [3.05, 3.63) is 70.3 Å². The molecule has 0 saturated heterocycles. The molecule has 1 fully saturated rings. The molecule has 1 aromatic carbocycles. The summed E-state index contributed by atoms with van der Waals surface area (Å²) in [5.74, 6) is 1.43. The minimum Gasteiger partial charge on any atom is -0.467 e. The Morgan fingerprint density at radius 2 is 1.91 bits per heavy atom. The summed E-state index contributed by atoms with van der Waals surface area (Å²) >= 11 is 1.53. The van der Waals surface area contributed by atoms with Crippen molar-refractivity contribution in [1.29, 1.82) is 0 Å². The Bertz CT molecular complexity index is 1110. The molecule has 1 saturated carbocycles. The second-order valence-electron chi connectivity index (χ2n) is 8.73. The lowest BCUT2D eigenvalue weighted by Gasteiger charge is -2.32. The van der Waals surface area contributed by atoms with Gasteiger partial charge < -0.3 is 24.1 Å². The molecule has 8 heteroatoms. The van der Waals surface area contributed by atoms with Gasteiger partial charge in [-0.1, -0.05) is 31.4 Å². The summed E-state index contributed by atoms with van der Waals surface area (Å²) in [5.41, 5.74) is 0.853. The van der Waals surface area contributed by atoms with Crippen LogP contribution in [0.3, 0.4) is 0 Å². The summed E-state index contributed by atoms with van der Waals surface area (Å²) in [6, 6.07) is 12.2. The van der Waals surface area contributed by atoms with Crippen molar-refractivity contribution in [1.82, 2.24) is 10.2 Å². The van der Waals surface area contributed by atoms with Gasteiger partial charge in [0.1, 0.15) is 5.76 Å². The molecule has 1 aliphatic carbocycles. The number of nitrogens with one attached hydrogen (secondary N) is 1. The number of amides is 2. The third-order valence-electron chi connectivity index (χ3n) is 6.34. The van der Waals surface area contributed by atoms with Crippen LogP contribution < -0.4 is 14.8 Å². The van der Waals surface area contributed by atoms with Gasteiger partial charge in [0.15, 0.2) is 17.5 Å². The largest absolute Gasteiger partial charge is 0.467 e. The lowest BCUT2D eigenvalue weighted by Crippen LogP contribution is -2.47. The molecule has 2 aliphatic rings. The van der Waals surface area contributed by atoms with E-state index in [-0.39, 0.29) is 37.6 Å². The Labute approximate surface area is 202 Å². The van der Waals surface area contributed by atoms with Crippen LogP contribution in [-0.2, 0) is 22.6 Å². The normalized spacial score (nSPS) is 16.2. The van der Waals surface area contributed by atoms with Crippen LogP contribution in [0.1, 0.15) is 54.3 Å². The summed E-state index contributed by atoms with van der Waals surface area (Å²) in [6.07, 6.45) is 7.09. The van der Waals surface area contributed by atoms with Crippen molar-refractivity contribution in [3.63, 3.8) is 0 Å². The average Bonchev–Trinajstić information content (AvgIpc) is 3.62. The van der Waals surface area contributed by atoms with E-state index in [2.05, 4.69) is 5.32 Å². The second-order valence-corrected chi connectivity index (χ2v) is 9.76. The number of carbonyl (C=O) groups is 2. The Hall–Kier alpha value is -3.26. The Kier molecular flexibility index (Phi) is 6.85. The summed E-state index contributed by atoms with van der Waals surface area (Å²) in [7, 11) is 0. The topological polar surface area (TPSA) is 81.0 Å². The predicted octanol–water partition coefficient (Wildman–Crippen LogP) is 4.83. The van der Waals surface area contributed by atoms with Crippen molar-refractivity contribution in [2.45, 2.75) is 57.2 Å². The van der Waals surface area contributed by atoms with Crippen LogP contribution in [0.15, 0.2) is 58.5 Å². The molecule has 2 aromatic heterocycles. The van der Waals surface area contributed by atoms with Gasteiger partial charge >= 0.3 is 0 Å². The molecule has 0 spiro atoms. The van der Waals surface area contributed by atoms with E-state index in [4.69, 9.17) is 13.9 Å². The maximum atomic E-state index is 13.6. The monoisotopic (exact) mass is 480 g/mol. The van der Waals surface area contributed by atoms with Crippen LogP contribution in [0.5, 0.6) is 11.5 Å². The van der Waals surface area contributed by atoms with E-state index in [0.29, 0.717) is 17.3 Å². The van der Waals surface area contributed by atoms with E-state index < -0.39 is 6.04 Å².